The van der Waals surface area contributed by atoms with Crippen molar-refractivity contribution in [2.75, 3.05) is 18.2 Å². The lowest BCUT2D eigenvalue weighted by Crippen LogP contribution is -2.06. The SMILES string of the molecule is COC(=O)c1cc(Nc2ccc(F)cc2)ccc1N. The summed E-state index contributed by atoms with van der Waals surface area (Å²) in [5.41, 5.74) is 7.71. The van der Waals surface area contributed by atoms with Gasteiger partial charge in [0.15, 0.2) is 0 Å². The maximum atomic E-state index is 12.8. The van der Waals surface area contributed by atoms with Crippen molar-refractivity contribution in [3.05, 3.63) is 53.8 Å². The Labute approximate surface area is 110 Å². The predicted molar refractivity (Wildman–Crippen MR) is 71.9 cm³/mol. The highest BCUT2D eigenvalue weighted by Crippen LogP contribution is 2.22. The van der Waals surface area contributed by atoms with Crippen LogP contribution in [-0.2, 0) is 4.74 Å². The monoisotopic (exact) mass is 260 g/mol. The van der Waals surface area contributed by atoms with Crippen LogP contribution in [0.15, 0.2) is 42.5 Å². The summed E-state index contributed by atoms with van der Waals surface area (Å²) < 4.78 is 17.4. The zero-order valence-corrected chi connectivity index (χ0v) is 10.3. The third-order valence-corrected chi connectivity index (χ3v) is 2.59. The molecule has 0 radical (unpaired) electrons. The second-order valence-electron chi connectivity index (χ2n) is 3.93. The maximum absolute atomic E-state index is 12.8. The minimum atomic E-state index is -0.500. The molecule has 0 bridgehead atoms. The first-order chi connectivity index (χ1) is 9.10. The standard InChI is InChI=1S/C14H13FN2O2/c1-19-14(18)12-8-11(6-7-13(12)16)17-10-4-2-9(15)3-5-10/h2-8,17H,16H2,1H3. The van der Waals surface area contributed by atoms with Gasteiger partial charge in [-0.1, -0.05) is 0 Å². The summed E-state index contributed by atoms with van der Waals surface area (Å²) in [5, 5.41) is 3.05. The summed E-state index contributed by atoms with van der Waals surface area (Å²) in [4.78, 5) is 11.5. The van der Waals surface area contributed by atoms with Crippen LogP contribution in [0, 0.1) is 5.82 Å². The number of rotatable bonds is 3. The number of ether oxygens (including phenoxy) is 1. The zero-order valence-electron chi connectivity index (χ0n) is 10.3. The van der Waals surface area contributed by atoms with E-state index in [0.29, 0.717) is 17.1 Å². The Balaban J connectivity index is 2.26. The van der Waals surface area contributed by atoms with Crippen LogP contribution >= 0.6 is 0 Å². The Morgan fingerprint density at radius 3 is 2.42 bits per heavy atom. The van der Waals surface area contributed by atoms with Gasteiger partial charge in [0.2, 0.25) is 0 Å². The molecule has 4 nitrogen and oxygen atoms in total. The van der Waals surface area contributed by atoms with Gasteiger partial charge in [0.05, 0.1) is 12.7 Å². The number of esters is 1. The van der Waals surface area contributed by atoms with Crippen molar-refractivity contribution in [1.82, 2.24) is 0 Å². The highest BCUT2D eigenvalue weighted by molar-refractivity contribution is 5.96. The van der Waals surface area contributed by atoms with Gasteiger partial charge in [0.1, 0.15) is 5.82 Å². The average Bonchev–Trinajstić information content (AvgIpc) is 2.42. The molecule has 0 heterocycles. The molecule has 19 heavy (non-hydrogen) atoms. The Morgan fingerprint density at radius 2 is 1.79 bits per heavy atom. The van der Waals surface area contributed by atoms with E-state index >= 15 is 0 Å². The molecule has 0 aromatic heterocycles. The molecule has 0 aliphatic rings. The number of hydrogen-bond donors (Lipinski definition) is 2. The van der Waals surface area contributed by atoms with Gasteiger partial charge in [-0.15, -0.1) is 0 Å². The van der Waals surface area contributed by atoms with Crippen LogP contribution in [0.2, 0.25) is 0 Å². The Kier molecular flexibility index (Phi) is 3.66. The number of benzene rings is 2. The number of carbonyl (C=O) groups is 1. The summed E-state index contributed by atoms with van der Waals surface area (Å²) in [6, 6.07) is 10.8. The highest BCUT2D eigenvalue weighted by Gasteiger charge is 2.10. The van der Waals surface area contributed by atoms with Crippen LogP contribution in [0.3, 0.4) is 0 Å². The third kappa shape index (κ3) is 3.01. The van der Waals surface area contributed by atoms with E-state index in [1.54, 1.807) is 30.3 Å². The number of nitrogens with one attached hydrogen (secondary N) is 1. The van der Waals surface area contributed by atoms with Crippen LogP contribution in [0.5, 0.6) is 0 Å². The Hall–Kier alpha value is -2.56. The molecule has 2 aromatic rings. The van der Waals surface area contributed by atoms with Gasteiger partial charge in [0.25, 0.3) is 0 Å². The van der Waals surface area contributed by atoms with Gasteiger partial charge < -0.3 is 15.8 Å². The van der Waals surface area contributed by atoms with Gasteiger partial charge in [-0.2, -0.15) is 0 Å². The molecule has 0 atom stereocenters. The van der Waals surface area contributed by atoms with Gasteiger partial charge in [-0.25, -0.2) is 9.18 Å². The van der Waals surface area contributed by atoms with E-state index in [1.165, 1.54) is 19.2 Å². The Morgan fingerprint density at radius 1 is 1.16 bits per heavy atom. The lowest BCUT2D eigenvalue weighted by atomic mass is 10.1. The van der Waals surface area contributed by atoms with Crippen LogP contribution in [0.4, 0.5) is 21.5 Å². The first-order valence-electron chi connectivity index (χ1n) is 5.60. The van der Waals surface area contributed by atoms with Crippen LogP contribution in [0.1, 0.15) is 10.4 Å². The second-order valence-corrected chi connectivity index (χ2v) is 3.93. The molecule has 0 aliphatic heterocycles. The quantitative estimate of drug-likeness (QED) is 0.658. The first kappa shape index (κ1) is 12.9. The van der Waals surface area contributed by atoms with Crippen molar-refractivity contribution in [3.8, 4) is 0 Å². The minimum absolute atomic E-state index is 0.287. The molecular formula is C14H13FN2O2. The number of nitrogens with two attached hydrogens (primary N) is 1. The molecule has 5 heteroatoms. The van der Waals surface area contributed by atoms with Gasteiger partial charge >= 0.3 is 5.97 Å². The summed E-state index contributed by atoms with van der Waals surface area (Å²) in [7, 11) is 1.29. The van der Waals surface area contributed by atoms with Gasteiger partial charge in [0, 0.05) is 17.1 Å². The third-order valence-electron chi connectivity index (χ3n) is 2.59. The zero-order chi connectivity index (χ0) is 13.8. The van der Waals surface area contributed by atoms with E-state index in [-0.39, 0.29) is 11.4 Å². The van der Waals surface area contributed by atoms with E-state index in [0.717, 1.165) is 0 Å². The molecule has 0 aliphatic carbocycles. The van der Waals surface area contributed by atoms with E-state index < -0.39 is 5.97 Å². The maximum Gasteiger partial charge on any atom is 0.340 e. The highest BCUT2D eigenvalue weighted by atomic mass is 19.1. The molecule has 0 unspecified atom stereocenters. The molecule has 3 N–H and O–H groups in total. The van der Waals surface area contributed by atoms with Crippen LogP contribution in [-0.4, -0.2) is 13.1 Å². The van der Waals surface area contributed by atoms with Crippen LogP contribution in [0.25, 0.3) is 0 Å². The van der Waals surface area contributed by atoms with Gasteiger partial charge in [-0.05, 0) is 42.5 Å². The largest absolute Gasteiger partial charge is 0.465 e. The van der Waals surface area contributed by atoms with Crippen molar-refractivity contribution in [3.63, 3.8) is 0 Å². The molecule has 0 saturated heterocycles. The summed E-state index contributed by atoms with van der Waals surface area (Å²) in [5.74, 6) is -0.807. The lowest BCUT2D eigenvalue weighted by Gasteiger charge is -2.09. The molecule has 0 fully saturated rings. The number of methoxy groups -OCH3 is 1. The fourth-order valence-electron chi connectivity index (χ4n) is 1.62. The Bertz CT molecular complexity index is 597. The second kappa shape index (κ2) is 5.39. The summed E-state index contributed by atoms with van der Waals surface area (Å²) >= 11 is 0. The number of nitrogen functional groups attached to an aromatic ring is 1. The smallest absolute Gasteiger partial charge is 0.340 e. The van der Waals surface area contributed by atoms with Crippen molar-refractivity contribution in [1.29, 1.82) is 0 Å². The van der Waals surface area contributed by atoms with Crippen molar-refractivity contribution in [2.45, 2.75) is 0 Å². The number of carbonyl (C=O) groups excluding carboxylic acids is 1. The van der Waals surface area contributed by atoms with Crippen molar-refractivity contribution >= 4 is 23.0 Å². The molecule has 2 aromatic carbocycles. The van der Waals surface area contributed by atoms with E-state index in [4.69, 9.17) is 5.73 Å². The molecule has 0 spiro atoms. The summed E-state index contributed by atoms with van der Waals surface area (Å²) in [6.45, 7) is 0. The molecule has 0 amide bonds. The number of halogens is 1. The van der Waals surface area contributed by atoms with Crippen LogP contribution < -0.4 is 11.1 Å². The van der Waals surface area contributed by atoms with Crippen molar-refractivity contribution < 1.29 is 13.9 Å². The average molecular weight is 260 g/mol. The topological polar surface area (TPSA) is 64.3 Å². The first-order valence-corrected chi connectivity index (χ1v) is 5.60. The molecular weight excluding hydrogens is 247 g/mol. The fourth-order valence-corrected chi connectivity index (χ4v) is 1.62. The van der Waals surface area contributed by atoms with E-state index in [2.05, 4.69) is 10.1 Å². The molecule has 2 rings (SSSR count). The molecule has 98 valence electrons. The van der Waals surface area contributed by atoms with E-state index in [9.17, 15) is 9.18 Å². The van der Waals surface area contributed by atoms with Gasteiger partial charge in [-0.3, -0.25) is 0 Å². The van der Waals surface area contributed by atoms with E-state index in [1.807, 2.05) is 0 Å². The lowest BCUT2D eigenvalue weighted by molar-refractivity contribution is 0.0602. The normalized spacial score (nSPS) is 10.0. The fraction of sp³-hybridized carbons (Fsp3) is 0.0714. The minimum Gasteiger partial charge on any atom is -0.465 e. The number of anilines is 3. The summed E-state index contributed by atoms with van der Waals surface area (Å²) in [6.07, 6.45) is 0. The number of hydrogen-bond acceptors (Lipinski definition) is 4. The molecule has 0 saturated carbocycles. The predicted octanol–water partition coefficient (Wildman–Crippen LogP) is 2.94. The van der Waals surface area contributed by atoms with Crippen molar-refractivity contribution in [2.24, 2.45) is 0 Å².